The molecule has 2 nitrogen and oxygen atoms in total. The minimum Gasteiger partial charge on any atom is -0.395 e. The van der Waals surface area contributed by atoms with Gasteiger partial charge < -0.3 is 10.4 Å². The second-order valence-electron chi connectivity index (χ2n) is 5.48. The summed E-state index contributed by atoms with van der Waals surface area (Å²) in [5.41, 5.74) is 1.29. The van der Waals surface area contributed by atoms with Crippen molar-refractivity contribution in [3.05, 3.63) is 60.2 Å². The molecule has 4 rings (SSSR count). The summed E-state index contributed by atoms with van der Waals surface area (Å²) in [5, 5.41) is 20.1. The predicted octanol–water partition coefficient (Wildman–Crippen LogP) is 3.67. The van der Waals surface area contributed by atoms with Crippen LogP contribution < -0.4 is 5.32 Å². The summed E-state index contributed by atoms with van der Waals surface area (Å²) in [6.07, 6.45) is 0. The average molecular weight is 275 g/mol. The van der Waals surface area contributed by atoms with Crippen molar-refractivity contribution in [1.29, 1.82) is 0 Å². The molecule has 0 aromatic heterocycles. The summed E-state index contributed by atoms with van der Waals surface area (Å²) in [6.45, 7) is 1.59. The van der Waals surface area contributed by atoms with Crippen molar-refractivity contribution in [1.82, 2.24) is 5.32 Å². The van der Waals surface area contributed by atoms with Gasteiger partial charge in [-0.3, -0.25) is 0 Å². The Balaban J connectivity index is 2.01. The number of aliphatic hydroxyl groups excluding tert-OH is 1. The molecule has 4 aromatic carbocycles. The second-order valence-corrected chi connectivity index (χ2v) is 5.48. The van der Waals surface area contributed by atoms with E-state index in [4.69, 9.17) is 5.11 Å². The summed E-state index contributed by atoms with van der Waals surface area (Å²) < 4.78 is 0. The van der Waals surface area contributed by atoms with Crippen molar-refractivity contribution in [2.45, 2.75) is 6.54 Å². The molecule has 0 heterocycles. The van der Waals surface area contributed by atoms with E-state index in [2.05, 4.69) is 59.9 Å². The minimum atomic E-state index is 0.172. The number of aliphatic hydroxyl groups is 1. The van der Waals surface area contributed by atoms with Gasteiger partial charge in [-0.25, -0.2) is 0 Å². The third-order valence-electron chi connectivity index (χ3n) is 4.22. The van der Waals surface area contributed by atoms with Crippen LogP contribution in [0.5, 0.6) is 0 Å². The maximum Gasteiger partial charge on any atom is 0.0556 e. The van der Waals surface area contributed by atoms with Gasteiger partial charge in [-0.2, -0.15) is 0 Å². The van der Waals surface area contributed by atoms with Crippen LogP contribution in [0.25, 0.3) is 32.3 Å². The molecular formula is C19H17NO. The van der Waals surface area contributed by atoms with E-state index in [0.29, 0.717) is 6.54 Å². The lowest BCUT2D eigenvalue weighted by Gasteiger charge is -2.14. The first kappa shape index (κ1) is 12.6. The van der Waals surface area contributed by atoms with Gasteiger partial charge in [0.2, 0.25) is 0 Å². The van der Waals surface area contributed by atoms with Gasteiger partial charge in [0.1, 0.15) is 0 Å². The molecule has 0 amide bonds. The Morgan fingerprint density at radius 1 is 0.762 bits per heavy atom. The molecule has 0 atom stereocenters. The molecule has 0 saturated carbocycles. The summed E-state index contributed by atoms with van der Waals surface area (Å²) in [4.78, 5) is 0. The highest BCUT2D eigenvalue weighted by atomic mass is 16.3. The molecule has 0 aliphatic heterocycles. The maximum absolute atomic E-state index is 8.92. The van der Waals surface area contributed by atoms with Crippen LogP contribution >= 0.6 is 0 Å². The van der Waals surface area contributed by atoms with E-state index in [1.807, 2.05) is 0 Å². The van der Waals surface area contributed by atoms with Gasteiger partial charge in [-0.05, 0) is 37.9 Å². The third kappa shape index (κ3) is 1.96. The predicted molar refractivity (Wildman–Crippen MR) is 88.9 cm³/mol. The molecular weight excluding hydrogens is 258 g/mol. The van der Waals surface area contributed by atoms with Crippen LogP contribution in [0.4, 0.5) is 0 Å². The highest BCUT2D eigenvalue weighted by Crippen LogP contribution is 2.35. The van der Waals surface area contributed by atoms with E-state index < -0.39 is 0 Å². The normalized spacial score (nSPS) is 11.9. The first-order valence-electron chi connectivity index (χ1n) is 7.35. The fourth-order valence-corrected chi connectivity index (χ4v) is 3.25. The highest BCUT2D eigenvalue weighted by Gasteiger charge is 2.10. The van der Waals surface area contributed by atoms with Crippen molar-refractivity contribution in [3.63, 3.8) is 0 Å². The van der Waals surface area contributed by atoms with E-state index in [1.54, 1.807) is 0 Å². The van der Waals surface area contributed by atoms with E-state index in [-0.39, 0.29) is 6.61 Å². The van der Waals surface area contributed by atoms with Crippen LogP contribution in [-0.4, -0.2) is 18.3 Å². The zero-order chi connectivity index (χ0) is 14.2. The summed E-state index contributed by atoms with van der Waals surface area (Å²) in [5.74, 6) is 0. The monoisotopic (exact) mass is 275 g/mol. The summed E-state index contributed by atoms with van der Waals surface area (Å²) in [7, 11) is 0. The number of rotatable bonds is 4. The molecule has 0 aliphatic carbocycles. The van der Waals surface area contributed by atoms with Gasteiger partial charge in [0.05, 0.1) is 6.61 Å². The first-order valence-corrected chi connectivity index (χ1v) is 7.35. The van der Waals surface area contributed by atoms with Crippen molar-refractivity contribution in [2.24, 2.45) is 0 Å². The standard InChI is InChI=1S/C19H17NO/c21-11-10-20-12-16-7-6-15-5-4-13-2-1-3-14-8-9-17(16)19(15)18(13)14/h1-9,20-21H,10-12H2. The molecule has 0 unspecified atom stereocenters. The second kappa shape index (κ2) is 4.99. The molecule has 0 saturated heterocycles. The van der Waals surface area contributed by atoms with E-state index in [9.17, 15) is 0 Å². The van der Waals surface area contributed by atoms with E-state index in [0.717, 1.165) is 6.54 Å². The molecule has 21 heavy (non-hydrogen) atoms. The molecule has 2 heteroatoms. The van der Waals surface area contributed by atoms with Crippen LogP contribution in [0.2, 0.25) is 0 Å². The molecule has 0 bridgehead atoms. The summed E-state index contributed by atoms with van der Waals surface area (Å²) >= 11 is 0. The lowest BCUT2D eigenvalue weighted by atomic mass is 9.92. The fourth-order valence-electron chi connectivity index (χ4n) is 3.25. The number of hydrogen-bond acceptors (Lipinski definition) is 2. The van der Waals surface area contributed by atoms with Crippen LogP contribution in [0, 0.1) is 0 Å². The van der Waals surface area contributed by atoms with Gasteiger partial charge in [0.25, 0.3) is 0 Å². The number of nitrogens with one attached hydrogen (secondary N) is 1. The molecule has 0 spiro atoms. The van der Waals surface area contributed by atoms with Crippen LogP contribution in [0.15, 0.2) is 54.6 Å². The molecule has 2 N–H and O–H groups in total. The van der Waals surface area contributed by atoms with Crippen LogP contribution in [-0.2, 0) is 6.54 Å². The van der Waals surface area contributed by atoms with Gasteiger partial charge in [-0.15, -0.1) is 0 Å². The van der Waals surface area contributed by atoms with Gasteiger partial charge in [0.15, 0.2) is 0 Å². The van der Waals surface area contributed by atoms with Crippen molar-refractivity contribution in [3.8, 4) is 0 Å². The van der Waals surface area contributed by atoms with E-state index in [1.165, 1.54) is 37.9 Å². The highest BCUT2D eigenvalue weighted by molar-refractivity contribution is 6.23. The van der Waals surface area contributed by atoms with Gasteiger partial charge >= 0.3 is 0 Å². The van der Waals surface area contributed by atoms with Gasteiger partial charge in [-0.1, -0.05) is 54.6 Å². The smallest absolute Gasteiger partial charge is 0.0556 e. The number of hydrogen-bond donors (Lipinski definition) is 2. The van der Waals surface area contributed by atoms with Crippen molar-refractivity contribution >= 4 is 32.3 Å². The topological polar surface area (TPSA) is 32.3 Å². The Morgan fingerprint density at radius 2 is 1.43 bits per heavy atom. The van der Waals surface area contributed by atoms with Crippen LogP contribution in [0.1, 0.15) is 5.56 Å². The Hall–Kier alpha value is -2.16. The quantitative estimate of drug-likeness (QED) is 0.440. The molecule has 0 radical (unpaired) electrons. The summed E-state index contributed by atoms with van der Waals surface area (Å²) in [6, 6.07) is 19.7. The zero-order valence-corrected chi connectivity index (χ0v) is 11.8. The molecule has 4 aromatic rings. The lowest BCUT2D eigenvalue weighted by Crippen LogP contribution is -2.17. The zero-order valence-electron chi connectivity index (χ0n) is 11.8. The van der Waals surface area contributed by atoms with E-state index >= 15 is 0 Å². The first-order chi connectivity index (χ1) is 10.4. The Morgan fingerprint density at radius 3 is 2.19 bits per heavy atom. The molecule has 0 fully saturated rings. The third-order valence-corrected chi connectivity index (χ3v) is 4.22. The fraction of sp³-hybridized carbons (Fsp3) is 0.158. The number of benzene rings is 4. The van der Waals surface area contributed by atoms with Crippen molar-refractivity contribution in [2.75, 3.05) is 13.2 Å². The van der Waals surface area contributed by atoms with Crippen molar-refractivity contribution < 1.29 is 5.11 Å². The Labute approximate surface area is 123 Å². The SMILES string of the molecule is OCCNCc1ccc2ccc3cccc4ccc1c2c34. The van der Waals surface area contributed by atoms with Gasteiger partial charge in [0, 0.05) is 13.1 Å². The lowest BCUT2D eigenvalue weighted by molar-refractivity contribution is 0.292. The average Bonchev–Trinajstić information content (AvgIpc) is 2.54. The largest absolute Gasteiger partial charge is 0.395 e. The Kier molecular flexibility index (Phi) is 2.99. The molecule has 104 valence electrons. The van der Waals surface area contributed by atoms with Crippen LogP contribution in [0.3, 0.4) is 0 Å². The molecule has 0 aliphatic rings. The maximum atomic E-state index is 8.92. The Bertz CT molecular complexity index is 897. The minimum absolute atomic E-state index is 0.172.